The molecule has 1 heterocycles. The summed E-state index contributed by atoms with van der Waals surface area (Å²) in [5.74, 6) is -0.375. The number of aliphatic imine (C=N–C) groups is 1. The van der Waals surface area contributed by atoms with E-state index in [4.69, 9.17) is 9.47 Å². The van der Waals surface area contributed by atoms with Crippen molar-refractivity contribution in [2.75, 3.05) is 13.2 Å². The van der Waals surface area contributed by atoms with E-state index in [-0.39, 0.29) is 23.3 Å². The smallest absolute Gasteiger partial charge is 0.276 e. The quantitative estimate of drug-likeness (QED) is 0.461. The van der Waals surface area contributed by atoms with Gasteiger partial charge in [-0.05, 0) is 37.1 Å². The number of para-hydroxylation sites is 2. The van der Waals surface area contributed by atoms with Gasteiger partial charge in [-0.3, -0.25) is 30.2 Å². The van der Waals surface area contributed by atoms with Crippen LogP contribution in [0.4, 0.5) is 0 Å². The summed E-state index contributed by atoms with van der Waals surface area (Å²) in [6, 6.07) is 12.4. The van der Waals surface area contributed by atoms with Crippen LogP contribution in [-0.2, 0) is 19.6 Å². The van der Waals surface area contributed by atoms with E-state index in [9.17, 15) is 18.0 Å². The standard InChI is InChI=1S/C23H28N4O6S/c1-4-15(3)21(24-22-16-10-6-9-13-19(16)34(30,31)27-22)23(29)26-25-20(28)14-33-18-12-8-7-11-17(18)32-5-2/h6-13,15,21H,4-5,14H2,1-3H3,(H,24,27)(H,25,28)(H,26,29)/t15-,21-/m0/s1. The third kappa shape index (κ3) is 5.84. The number of fused-ring (bicyclic) bond motifs is 1. The summed E-state index contributed by atoms with van der Waals surface area (Å²) in [5.41, 5.74) is 5.07. The Hall–Kier alpha value is -3.60. The van der Waals surface area contributed by atoms with E-state index >= 15 is 0 Å². The molecule has 3 rings (SSSR count). The summed E-state index contributed by atoms with van der Waals surface area (Å²) >= 11 is 0. The fraction of sp³-hybridized carbons (Fsp3) is 0.348. The molecule has 0 saturated carbocycles. The number of amides is 2. The van der Waals surface area contributed by atoms with Gasteiger partial charge < -0.3 is 9.47 Å². The lowest BCUT2D eigenvalue weighted by atomic mass is 9.99. The number of ether oxygens (including phenoxy) is 2. The van der Waals surface area contributed by atoms with E-state index in [0.29, 0.717) is 30.1 Å². The normalized spacial score (nSPS) is 16.6. The number of amidine groups is 1. The second kappa shape index (κ2) is 11.0. The van der Waals surface area contributed by atoms with Crippen molar-refractivity contribution >= 4 is 27.7 Å². The van der Waals surface area contributed by atoms with E-state index in [1.54, 1.807) is 42.5 Å². The number of rotatable bonds is 9. The Labute approximate surface area is 198 Å². The zero-order chi connectivity index (χ0) is 24.7. The fourth-order valence-corrected chi connectivity index (χ4v) is 4.50. The highest BCUT2D eigenvalue weighted by Gasteiger charge is 2.33. The first-order chi connectivity index (χ1) is 16.3. The lowest BCUT2D eigenvalue weighted by Crippen LogP contribution is -2.49. The van der Waals surface area contributed by atoms with Crippen LogP contribution in [0.15, 0.2) is 58.4 Å². The molecule has 1 aliphatic heterocycles. The third-order valence-electron chi connectivity index (χ3n) is 5.22. The second-order valence-electron chi connectivity index (χ2n) is 7.62. The van der Waals surface area contributed by atoms with E-state index in [0.717, 1.165) is 0 Å². The van der Waals surface area contributed by atoms with Gasteiger partial charge >= 0.3 is 0 Å². The lowest BCUT2D eigenvalue weighted by Gasteiger charge is -2.19. The van der Waals surface area contributed by atoms with Gasteiger partial charge in [0.05, 0.1) is 11.5 Å². The highest BCUT2D eigenvalue weighted by atomic mass is 32.2. The zero-order valence-corrected chi connectivity index (χ0v) is 20.0. The van der Waals surface area contributed by atoms with Crippen molar-refractivity contribution in [3.63, 3.8) is 0 Å². The molecular formula is C23H28N4O6S. The molecule has 2 amide bonds. The molecule has 1 aliphatic rings. The first-order valence-electron chi connectivity index (χ1n) is 10.9. The molecule has 0 unspecified atom stereocenters. The summed E-state index contributed by atoms with van der Waals surface area (Å²) < 4.78 is 38.0. The van der Waals surface area contributed by atoms with E-state index in [1.807, 2.05) is 20.8 Å². The Balaban J connectivity index is 1.66. The van der Waals surface area contributed by atoms with Gasteiger partial charge in [-0.2, -0.15) is 0 Å². The van der Waals surface area contributed by atoms with Crippen LogP contribution < -0.4 is 25.0 Å². The molecule has 0 spiro atoms. The molecule has 2 atom stereocenters. The van der Waals surface area contributed by atoms with Crippen molar-refractivity contribution in [3.05, 3.63) is 54.1 Å². The molecule has 0 aromatic heterocycles. The predicted octanol–water partition coefficient (Wildman–Crippen LogP) is 1.76. The van der Waals surface area contributed by atoms with Crippen LogP contribution in [0.5, 0.6) is 11.5 Å². The fourth-order valence-electron chi connectivity index (χ4n) is 3.27. The van der Waals surface area contributed by atoms with Gasteiger partial charge in [0, 0.05) is 5.56 Å². The minimum Gasteiger partial charge on any atom is -0.490 e. The first-order valence-corrected chi connectivity index (χ1v) is 12.4. The molecule has 182 valence electrons. The number of carbonyl (C=O) groups is 2. The van der Waals surface area contributed by atoms with Crippen molar-refractivity contribution in [2.24, 2.45) is 10.9 Å². The number of benzene rings is 2. The molecule has 0 saturated heterocycles. The van der Waals surface area contributed by atoms with Crippen LogP contribution in [0.3, 0.4) is 0 Å². The van der Waals surface area contributed by atoms with Gasteiger partial charge in [-0.1, -0.05) is 44.5 Å². The van der Waals surface area contributed by atoms with E-state index < -0.39 is 27.9 Å². The monoisotopic (exact) mass is 488 g/mol. The zero-order valence-electron chi connectivity index (χ0n) is 19.2. The Morgan fingerprint density at radius 3 is 2.32 bits per heavy atom. The van der Waals surface area contributed by atoms with Crippen molar-refractivity contribution in [1.29, 1.82) is 0 Å². The molecular weight excluding hydrogens is 460 g/mol. The molecule has 3 N–H and O–H groups in total. The molecule has 0 fully saturated rings. The van der Waals surface area contributed by atoms with Gasteiger partial charge in [-0.15, -0.1) is 0 Å². The van der Waals surface area contributed by atoms with Crippen molar-refractivity contribution < 1.29 is 27.5 Å². The van der Waals surface area contributed by atoms with Crippen molar-refractivity contribution in [1.82, 2.24) is 15.6 Å². The highest BCUT2D eigenvalue weighted by Crippen LogP contribution is 2.26. The largest absolute Gasteiger partial charge is 0.490 e. The average molecular weight is 489 g/mol. The summed E-state index contributed by atoms with van der Waals surface area (Å²) in [5, 5.41) is 0. The maximum atomic E-state index is 12.9. The number of carbonyl (C=O) groups excluding carboxylic acids is 2. The Morgan fingerprint density at radius 1 is 1.00 bits per heavy atom. The van der Waals surface area contributed by atoms with Crippen LogP contribution in [0, 0.1) is 5.92 Å². The molecule has 0 bridgehead atoms. The van der Waals surface area contributed by atoms with Crippen LogP contribution in [-0.4, -0.2) is 45.3 Å². The van der Waals surface area contributed by atoms with Crippen LogP contribution in [0.25, 0.3) is 0 Å². The van der Waals surface area contributed by atoms with Crippen molar-refractivity contribution in [3.8, 4) is 11.5 Å². The first kappa shape index (κ1) is 25.0. The minimum atomic E-state index is -3.73. The lowest BCUT2D eigenvalue weighted by molar-refractivity contribution is -0.131. The molecule has 34 heavy (non-hydrogen) atoms. The van der Waals surface area contributed by atoms with Gasteiger partial charge in [0.2, 0.25) is 0 Å². The van der Waals surface area contributed by atoms with E-state index in [1.165, 1.54) is 6.07 Å². The topological polar surface area (TPSA) is 135 Å². The second-order valence-corrected chi connectivity index (χ2v) is 9.27. The van der Waals surface area contributed by atoms with Crippen molar-refractivity contribution in [2.45, 2.75) is 38.1 Å². The Kier molecular flexibility index (Phi) is 8.11. The van der Waals surface area contributed by atoms with Gasteiger partial charge in [0.25, 0.3) is 21.8 Å². The summed E-state index contributed by atoms with van der Waals surface area (Å²) in [6.45, 7) is 5.65. The number of hydrogen-bond acceptors (Lipinski definition) is 7. The molecule has 0 radical (unpaired) electrons. The summed E-state index contributed by atoms with van der Waals surface area (Å²) in [4.78, 5) is 29.6. The Morgan fingerprint density at radius 2 is 1.65 bits per heavy atom. The maximum absolute atomic E-state index is 12.9. The number of sulfonamides is 1. The third-order valence-corrected chi connectivity index (χ3v) is 6.61. The number of nitrogens with one attached hydrogen (secondary N) is 3. The molecule has 2 aromatic rings. The van der Waals surface area contributed by atoms with Gasteiger partial charge in [0.1, 0.15) is 11.9 Å². The molecule has 2 aromatic carbocycles. The number of nitrogens with zero attached hydrogens (tertiary/aromatic N) is 1. The number of hydrazine groups is 1. The molecule has 11 heteroatoms. The summed E-state index contributed by atoms with van der Waals surface area (Å²) in [6.07, 6.45) is 0.606. The molecule has 0 aliphatic carbocycles. The van der Waals surface area contributed by atoms with Crippen LogP contribution in [0.2, 0.25) is 0 Å². The predicted molar refractivity (Wildman–Crippen MR) is 126 cm³/mol. The van der Waals surface area contributed by atoms with E-state index in [2.05, 4.69) is 20.6 Å². The number of hydrogen-bond donors (Lipinski definition) is 3. The SMILES string of the molecule is CCOc1ccccc1OCC(=O)NNC(=O)[C@@H](N=C1NS(=O)(=O)c2ccccc21)[C@@H](C)CC. The van der Waals surface area contributed by atoms with Gasteiger partial charge in [0.15, 0.2) is 18.1 Å². The molecule has 10 nitrogen and oxygen atoms in total. The summed E-state index contributed by atoms with van der Waals surface area (Å²) in [7, 11) is -3.73. The minimum absolute atomic E-state index is 0.0956. The average Bonchev–Trinajstić information content (AvgIpc) is 3.10. The highest BCUT2D eigenvalue weighted by molar-refractivity contribution is 7.90. The van der Waals surface area contributed by atoms with Gasteiger partial charge in [-0.25, -0.2) is 8.42 Å². The Bertz CT molecular complexity index is 1180. The van der Waals surface area contributed by atoms with Crippen LogP contribution >= 0.6 is 0 Å². The maximum Gasteiger partial charge on any atom is 0.276 e. The van der Waals surface area contributed by atoms with Crippen LogP contribution in [0.1, 0.15) is 32.8 Å².